The molecule has 2 aromatic heterocycles. The van der Waals surface area contributed by atoms with Gasteiger partial charge >= 0.3 is 0 Å². The lowest BCUT2D eigenvalue weighted by Gasteiger charge is -2.35. The summed E-state index contributed by atoms with van der Waals surface area (Å²) in [6.07, 6.45) is 2.85. The SMILES string of the molecule is CCCCc1nc(N2CCN(C(=O)c3cccc(Br)c3)CC2)c2c(-c3ccc4ccccc4c3)noc2n1. The number of piperazine rings is 1. The molecule has 0 radical (unpaired) electrons. The highest BCUT2D eigenvalue weighted by molar-refractivity contribution is 9.10. The molecular weight excluding hydrogens is 542 g/mol. The van der Waals surface area contributed by atoms with Gasteiger partial charge in [-0.15, -0.1) is 0 Å². The zero-order chi connectivity index (χ0) is 26.1. The lowest BCUT2D eigenvalue weighted by Crippen LogP contribution is -2.49. The van der Waals surface area contributed by atoms with Crippen LogP contribution in [0.1, 0.15) is 35.9 Å². The number of aryl methyl sites for hydroxylation is 1. The van der Waals surface area contributed by atoms with Crippen LogP contribution in [0, 0.1) is 0 Å². The molecule has 0 saturated carbocycles. The molecule has 38 heavy (non-hydrogen) atoms. The number of aromatic nitrogens is 3. The maximum absolute atomic E-state index is 13.1. The molecule has 1 fully saturated rings. The number of carbonyl (C=O) groups is 1. The fourth-order valence-corrected chi connectivity index (χ4v) is 5.41. The van der Waals surface area contributed by atoms with Crippen LogP contribution in [0.25, 0.3) is 33.1 Å². The molecule has 0 aliphatic carbocycles. The van der Waals surface area contributed by atoms with Gasteiger partial charge in [-0.1, -0.05) is 76.9 Å². The Kier molecular flexibility index (Phi) is 6.81. The van der Waals surface area contributed by atoms with Crippen molar-refractivity contribution in [1.29, 1.82) is 0 Å². The number of fused-ring (bicyclic) bond motifs is 2. The van der Waals surface area contributed by atoms with Crippen molar-refractivity contribution in [1.82, 2.24) is 20.0 Å². The number of hydrogen-bond acceptors (Lipinski definition) is 6. The molecule has 6 rings (SSSR count). The first-order valence-electron chi connectivity index (χ1n) is 13.1. The van der Waals surface area contributed by atoms with Crippen LogP contribution >= 0.6 is 15.9 Å². The Labute approximate surface area is 229 Å². The van der Waals surface area contributed by atoms with E-state index in [0.717, 1.165) is 57.4 Å². The molecule has 1 amide bonds. The second-order valence-corrected chi connectivity index (χ2v) is 10.5. The van der Waals surface area contributed by atoms with E-state index in [2.05, 4.69) is 63.2 Å². The van der Waals surface area contributed by atoms with Gasteiger partial charge in [-0.2, -0.15) is 4.98 Å². The van der Waals surface area contributed by atoms with E-state index < -0.39 is 0 Å². The summed E-state index contributed by atoms with van der Waals surface area (Å²) in [5.41, 5.74) is 2.92. The van der Waals surface area contributed by atoms with Crippen LogP contribution in [0.5, 0.6) is 0 Å². The normalized spacial score (nSPS) is 13.9. The van der Waals surface area contributed by atoms with E-state index in [9.17, 15) is 4.79 Å². The first-order valence-corrected chi connectivity index (χ1v) is 13.9. The van der Waals surface area contributed by atoms with Crippen LogP contribution in [0.2, 0.25) is 0 Å². The van der Waals surface area contributed by atoms with Gasteiger partial charge in [0.05, 0.1) is 0 Å². The number of benzene rings is 3. The van der Waals surface area contributed by atoms with Gasteiger partial charge in [-0.3, -0.25) is 4.79 Å². The van der Waals surface area contributed by atoms with Gasteiger partial charge in [0.2, 0.25) is 0 Å². The van der Waals surface area contributed by atoms with Crippen LogP contribution in [-0.4, -0.2) is 52.1 Å². The van der Waals surface area contributed by atoms with Crippen molar-refractivity contribution in [2.24, 2.45) is 0 Å². The molecule has 0 N–H and O–H groups in total. The standard InChI is InChI=1S/C30H28BrN5O2/c1-2-3-11-25-32-28(35-14-16-36(17-15-35)30(37)23-9-6-10-24(31)19-23)26-27(34-38-29(26)33-25)22-13-12-20-7-4-5-8-21(20)18-22/h4-10,12-13,18-19H,2-3,11,14-17H2,1H3. The Bertz CT molecular complexity index is 1620. The van der Waals surface area contributed by atoms with Crippen molar-refractivity contribution in [2.45, 2.75) is 26.2 Å². The number of rotatable bonds is 6. The molecule has 0 spiro atoms. The Hall–Kier alpha value is -3.78. The number of unbranched alkanes of at least 4 members (excludes halogenated alkanes) is 1. The number of nitrogens with zero attached hydrogens (tertiary/aromatic N) is 5. The van der Waals surface area contributed by atoms with Crippen molar-refractivity contribution >= 4 is 49.5 Å². The fraction of sp³-hybridized carbons (Fsp3) is 0.267. The molecule has 7 nitrogen and oxygen atoms in total. The van der Waals surface area contributed by atoms with Gasteiger partial charge in [0, 0.05) is 48.2 Å². The minimum Gasteiger partial charge on any atom is -0.352 e. The van der Waals surface area contributed by atoms with Crippen LogP contribution in [0.15, 0.2) is 75.7 Å². The zero-order valence-electron chi connectivity index (χ0n) is 21.2. The van der Waals surface area contributed by atoms with Gasteiger partial charge < -0.3 is 14.3 Å². The van der Waals surface area contributed by atoms with Gasteiger partial charge in [0.25, 0.3) is 11.6 Å². The summed E-state index contributed by atoms with van der Waals surface area (Å²) in [5.74, 6) is 1.65. The van der Waals surface area contributed by atoms with Crippen LogP contribution in [-0.2, 0) is 6.42 Å². The Morgan fingerprint density at radius 2 is 1.76 bits per heavy atom. The molecule has 1 aliphatic heterocycles. The third kappa shape index (κ3) is 4.76. The molecule has 0 atom stereocenters. The topological polar surface area (TPSA) is 75.4 Å². The highest BCUT2D eigenvalue weighted by atomic mass is 79.9. The highest BCUT2D eigenvalue weighted by Gasteiger charge is 2.27. The minimum absolute atomic E-state index is 0.0456. The first-order chi connectivity index (χ1) is 18.6. The molecule has 8 heteroatoms. The van der Waals surface area contributed by atoms with Gasteiger partial charge in [-0.05, 0) is 41.5 Å². The molecular formula is C30H28BrN5O2. The predicted octanol–water partition coefficient (Wildman–Crippen LogP) is 6.51. The third-order valence-corrected chi connectivity index (χ3v) is 7.57. The van der Waals surface area contributed by atoms with Gasteiger partial charge in [0.15, 0.2) is 0 Å². The summed E-state index contributed by atoms with van der Waals surface area (Å²) >= 11 is 3.47. The first kappa shape index (κ1) is 24.6. The Balaban J connectivity index is 1.35. The molecule has 0 unspecified atom stereocenters. The molecule has 5 aromatic rings. The van der Waals surface area contributed by atoms with Gasteiger partial charge in [-0.25, -0.2) is 4.98 Å². The summed E-state index contributed by atoms with van der Waals surface area (Å²) in [6.45, 7) is 4.71. The summed E-state index contributed by atoms with van der Waals surface area (Å²) in [7, 11) is 0. The summed E-state index contributed by atoms with van der Waals surface area (Å²) in [5, 5.41) is 7.61. The van der Waals surface area contributed by atoms with E-state index in [0.29, 0.717) is 37.5 Å². The average molecular weight is 570 g/mol. The number of halogens is 1. The van der Waals surface area contributed by atoms with E-state index in [1.54, 1.807) is 0 Å². The smallest absolute Gasteiger partial charge is 0.263 e. The van der Waals surface area contributed by atoms with Crippen molar-refractivity contribution in [3.63, 3.8) is 0 Å². The largest absolute Gasteiger partial charge is 0.352 e. The summed E-state index contributed by atoms with van der Waals surface area (Å²) < 4.78 is 6.70. The second-order valence-electron chi connectivity index (χ2n) is 9.63. The molecule has 0 bridgehead atoms. The Morgan fingerprint density at radius 1 is 0.947 bits per heavy atom. The molecule has 3 aromatic carbocycles. The van der Waals surface area contributed by atoms with Crippen LogP contribution in [0.3, 0.4) is 0 Å². The van der Waals surface area contributed by atoms with Gasteiger partial charge in [0.1, 0.15) is 22.7 Å². The molecule has 3 heterocycles. The maximum Gasteiger partial charge on any atom is 0.263 e. The number of amides is 1. The van der Waals surface area contributed by atoms with E-state index >= 15 is 0 Å². The van der Waals surface area contributed by atoms with E-state index in [1.165, 1.54) is 5.39 Å². The Morgan fingerprint density at radius 3 is 2.55 bits per heavy atom. The van der Waals surface area contributed by atoms with E-state index in [1.807, 2.05) is 41.3 Å². The zero-order valence-corrected chi connectivity index (χ0v) is 22.8. The van der Waals surface area contributed by atoms with Crippen molar-refractivity contribution in [3.05, 3.63) is 82.6 Å². The number of carbonyl (C=O) groups excluding carboxylic acids is 1. The summed E-state index contributed by atoms with van der Waals surface area (Å²) in [4.78, 5) is 27.0. The van der Waals surface area contributed by atoms with E-state index in [-0.39, 0.29) is 5.91 Å². The number of hydrogen-bond donors (Lipinski definition) is 0. The summed E-state index contributed by atoms with van der Waals surface area (Å²) in [6, 6.07) is 22.1. The second kappa shape index (κ2) is 10.5. The molecule has 192 valence electrons. The van der Waals surface area contributed by atoms with Crippen molar-refractivity contribution < 1.29 is 9.32 Å². The highest BCUT2D eigenvalue weighted by Crippen LogP contribution is 2.35. The van der Waals surface area contributed by atoms with Crippen LogP contribution in [0.4, 0.5) is 5.82 Å². The third-order valence-electron chi connectivity index (χ3n) is 7.08. The lowest BCUT2D eigenvalue weighted by atomic mass is 10.0. The fourth-order valence-electron chi connectivity index (χ4n) is 5.01. The monoisotopic (exact) mass is 569 g/mol. The average Bonchev–Trinajstić information content (AvgIpc) is 3.39. The number of anilines is 1. The molecule has 1 saturated heterocycles. The van der Waals surface area contributed by atoms with Crippen molar-refractivity contribution in [3.8, 4) is 11.3 Å². The molecule has 1 aliphatic rings. The lowest BCUT2D eigenvalue weighted by molar-refractivity contribution is 0.0746. The van der Waals surface area contributed by atoms with Crippen molar-refractivity contribution in [2.75, 3.05) is 31.1 Å². The predicted molar refractivity (Wildman–Crippen MR) is 153 cm³/mol. The minimum atomic E-state index is 0.0456. The maximum atomic E-state index is 13.1. The quantitative estimate of drug-likeness (QED) is 0.232. The van der Waals surface area contributed by atoms with E-state index in [4.69, 9.17) is 14.5 Å². The van der Waals surface area contributed by atoms with Crippen LogP contribution < -0.4 is 4.90 Å².